The van der Waals surface area contributed by atoms with Crippen molar-refractivity contribution < 1.29 is 17.9 Å². The molecule has 27 heavy (non-hydrogen) atoms. The molecular weight excluding hydrogens is 392 g/mol. The average Bonchev–Trinajstić information content (AvgIpc) is 3.02. The lowest BCUT2D eigenvalue weighted by atomic mass is 9.83. The summed E-state index contributed by atoms with van der Waals surface area (Å²) < 4.78 is 33.3. The molecule has 6 atom stereocenters. The van der Waals surface area contributed by atoms with Crippen molar-refractivity contribution in [1.82, 2.24) is 10.9 Å². The highest BCUT2D eigenvalue weighted by molar-refractivity contribution is 8.14. The van der Waals surface area contributed by atoms with Crippen molar-refractivity contribution in [2.45, 2.75) is 86.9 Å². The molecule has 0 aromatic heterocycles. The van der Waals surface area contributed by atoms with E-state index < -0.39 is 21.4 Å². The van der Waals surface area contributed by atoms with Gasteiger partial charge in [0.15, 0.2) is 5.17 Å². The van der Waals surface area contributed by atoms with Crippen LogP contribution >= 0.6 is 11.8 Å². The van der Waals surface area contributed by atoms with Crippen LogP contribution in [0.5, 0.6) is 0 Å². The van der Waals surface area contributed by atoms with E-state index in [4.69, 9.17) is 0 Å². The van der Waals surface area contributed by atoms with Gasteiger partial charge < -0.3 is 5.43 Å². The summed E-state index contributed by atoms with van der Waals surface area (Å²) in [6.07, 6.45) is 5.77. The Bertz CT molecular complexity index is 686. The van der Waals surface area contributed by atoms with E-state index in [-0.39, 0.29) is 22.3 Å². The van der Waals surface area contributed by atoms with Crippen molar-refractivity contribution in [3.63, 3.8) is 0 Å². The molecular formula is C16H28N4O5S2. The number of rotatable bonds is 6. The minimum Gasteiger partial charge on any atom is -0.300 e. The van der Waals surface area contributed by atoms with E-state index in [1.165, 1.54) is 11.8 Å². The Morgan fingerprint density at radius 1 is 1.30 bits per heavy atom. The maximum Gasteiger partial charge on any atom is 0.269 e. The number of thioether (sulfide) groups is 1. The summed E-state index contributed by atoms with van der Waals surface area (Å²) >= 11 is 1.48. The number of amidine groups is 1. The topological polar surface area (TPSA) is 134 Å². The van der Waals surface area contributed by atoms with Crippen molar-refractivity contribution in [3.05, 3.63) is 10.1 Å². The highest BCUT2D eigenvalue weighted by atomic mass is 32.2. The van der Waals surface area contributed by atoms with Gasteiger partial charge in [0.25, 0.3) is 10.1 Å². The minimum atomic E-state index is -4.13. The van der Waals surface area contributed by atoms with Crippen LogP contribution in [0.1, 0.15) is 58.3 Å². The molecule has 9 nitrogen and oxygen atoms in total. The van der Waals surface area contributed by atoms with Crippen LogP contribution in [0.3, 0.4) is 0 Å². The molecule has 2 aliphatic carbocycles. The highest BCUT2D eigenvalue weighted by Crippen LogP contribution is 2.37. The molecule has 0 aromatic carbocycles. The Balaban J connectivity index is 1.56. The molecule has 6 unspecified atom stereocenters. The van der Waals surface area contributed by atoms with E-state index in [1.54, 1.807) is 0 Å². The maximum absolute atomic E-state index is 11.8. The molecule has 2 saturated carbocycles. The summed E-state index contributed by atoms with van der Waals surface area (Å²) in [5, 5.41) is 10.9. The van der Waals surface area contributed by atoms with Gasteiger partial charge in [-0.3, -0.25) is 19.7 Å². The monoisotopic (exact) mass is 420 g/mol. The van der Waals surface area contributed by atoms with E-state index in [2.05, 4.69) is 22.8 Å². The lowest BCUT2D eigenvalue weighted by Crippen LogP contribution is -2.53. The predicted octanol–water partition coefficient (Wildman–Crippen LogP) is 1.98. The molecule has 3 N–H and O–H groups in total. The Hall–Kier alpha value is -0.910. The van der Waals surface area contributed by atoms with Gasteiger partial charge >= 0.3 is 0 Å². The van der Waals surface area contributed by atoms with Crippen LogP contribution in [0.25, 0.3) is 0 Å². The minimum absolute atomic E-state index is 0.0770. The quantitative estimate of drug-likeness (QED) is 0.337. The molecule has 1 aliphatic heterocycles. The number of hydrogen-bond acceptors (Lipinski definition) is 8. The molecule has 3 rings (SSSR count). The zero-order chi connectivity index (χ0) is 19.6. The van der Waals surface area contributed by atoms with Gasteiger partial charge in [0.05, 0.1) is 6.04 Å². The summed E-state index contributed by atoms with van der Waals surface area (Å²) in [7, 11) is -4.13. The van der Waals surface area contributed by atoms with E-state index in [9.17, 15) is 23.1 Å². The Morgan fingerprint density at radius 2 is 2.07 bits per heavy atom. The normalized spacial score (nSPS) is 36.7. The van der Waals surface area contributed by atoms with Gasteiger partial charge in [-0.1, -0.05) is 31.5 Å². The van der Waals surface area contributed by atoms with Crippen molar-refractivity contribution in [3.8, 4) is 0 Å². The fraction of sp³-hybridized carbons (Fsp3) is 0.938. The first kappa shape index (κ1) is 20.8. The second-order valence-electron chi connectivity index (χ2n) is 7.81. The number of hydrogen-bond donors (Lipinski definition) is 3. The molecule has 0 spiro atoms. The van der Waals surface area contributed by atoms with Crippen LogP contribution in [0.15, 0.2) is 4.99 Å². The van der Waals surface area contributed by atoms with E-state index in [0.29, 0.717) is 43.2 Å². The number of nitrogens with one attached hydrogen (secondary N) is 2. The van der Waals surface area contributed by atoms with Gasteiger partial charge in [-0.15, -0.1) is 0 Å². The van der Waals surface area contributed by atoms with Crippen LogP contribution in [0.2, 0.25) is 0 Å². The third-order valence-corrected chi connectivity index (χ3v) is 8.44. The average molecular weight is 421 g/mol. The molecule has 0 saturated heterocycles. The molecule has 0 bridgehead atoms. The molecule has 2 fully saturated rings. The van der Waals surface area contributed by atoms with Gasteiger partial charge in [0, 0.05) is 29.1 Å². The SMILES string of the molecule is CCCC1CCC(NNC2=NC3CCC([N+](=O)[O-])CC3S2)C(S(=O)(=O)O)C1. The summed E-state index contributed by atoms with van der Waals surface area (Å²) in [4.78, 5) is 15.4. The summed E-state index contributed by atoms with van der Waals surface area (Å²) in [6, 6.07) is -0.808. The summed E-state index contributed by atoms with van der Waals surface area (Å²) in [5.41, 5.74) is 6.07. The molecule has 3 aliphatic rings. The molecule has 0 aromatic rings. The number of hydrazine groups is 1. The van der Waals surface area contributed by atoms with Gasteiger partial charge in [0.1, 0.15) is 5.25 Å². The standard InChI is InChI=1S/C16H28N4O5S2/c1-2-3-10-4-6-13(15(8-10)27(23,24)25)18-19-16-17-12-7-5-11(20(21)22)9-14(12)26-16/h10-15,18H,2-9H2,1H3,(H,17,19)(H,23,24,25). The number of nitro groups is 1. The molecule has 11 heteroatoms. The second kappa shape index (κ2) is 8.62. The maximum atomic E-state index is 11.8. The van der Waals surface area contributed by atoms with Crippen LogP contribution in [0.4, 0.5) is 0 Å². The van der Waals surface area contributed by atoms with E-state index in [1.807, 2.05) is 0 Å². The first-order valence-corrected chi connectivity index (χ1v) is 12.0. The molecule has 0 radical (unpaired) electrons. The predicted molar refractivity (Wildman–Crippen MR) is 105 cm³/mol. The number of aliphatic imine (C=N–C) groups is 1. The second-order valence-corrected chi connectivity index (χ2v) is 10.7. The van der Waals surface area contributed by atoms with Crippen LogP contribution in [-0.4, -0.2) is 51.7 Å². The number of fused-ring (bicyclic) bond motifs is 1. The Labute approximate surface area is 164 Å². The molecule has 154 valence electrons. The Kier molecular flexibility index (Phi) is 6.65. The summed E-state index contributed by atoms with van der Waals surface area (Å²) in [6.45, 7) is 2.08. The van der Waals surface area contributed by atoms with E-state index in [0.717, 1.165) is 19.3 Å². The molecule has 1 heterocycles. The van der Waals surface area contributed by atoms with Crippen LogP contribution in [-0.2, 0) is 10.1 Å². The van der Waals surface area contributed by atoms with Gasteiger partial charge in [-0.2, -0.15) is 8.42 Å². The van der Waals surface area contributed by atoms with Crippen LogP contribution < -0.4 is 10.9 Å². The smallest absolute Gasteiger partial charge is 0.269 e. The van der Waals surface area contributed by atoms with Crippen molar-refractivity contribution in [2.24, 2.45) is 10.9 Å². The van der Waals surface area contributed by atoms with E-state index >= 15 is 0 Å². The Morgan fingerprint density at radius 3 is 2.74 bits per heavy atom. The van der Waals surface area contributed by atoms with Gasteiger partial charge in [-0.25, -0.2) is 5.43 Å². The highest BCUT2D eigenvalue weighted by Gasteiger charge is 2.42. The third-order valence-electron chi connectivity index (χ3n) is 5.92. The van der Waals surface area contributed by atoms with Gasteiger partial charge in [-0.05, 0) is 31.6 Å². The largest absolute Gasteiger partial charge is 0.300 e. The number of nitrogens with zero attached hydrogens (tertiary/aromatic N) is 2. The first-order chi connectivity index (χ1) is 12.8. The van der Waals surface area contributed by atoms with Gasteiger partial charge in [0.2, 0.25) is 6.04 Å². The van der Waals surface area contributed by atoms with Crippen molar-refractivity contribution >= 4 is 27.0 Å². The fourth-order valence-corrected chi connectivity index (χ4v) is 6.88. The zero-order valence-corrected chi connectivity index (χ0v) is 17.0. The fourth-order valence-electron chi connectivity index (χ4n) is 4.48. The lowest BCUT2D eigenvalue weighted by molar-refractivity contribution is -0.526. The van der Waals surface area contributed by atoms with Crippen molar-refractivity contribution in [1.29, 1.82) is 0 Å². The lowest BCUT2D eigenvalue weighted by Gasteiger charge is -2.34. The van der Waals surface area contributed by atoms with Crippen molar-refractivity contribution in [2.75, 3.05) is 0 Å². The summed E-state index contributed by atoms with van der Waals surface area (Å²) in [5.74, 6) is 0.320. The zero-order valence-electron chi connectivity index (χ0n) is 15.4. The van der Waals surface area contributed by atoms with Crippen LogP contribution in [0, 0.1) is 16.0 Å². The molecule has 0 amide bonds. The first-order valence-electron chi connectivity index (χ1n) is 9.63. The third kappa shape index (κ3) is 5.12.